The van der Waals surface area contributed by atoms with Crippen LogP contribution in [0.4, 0.5) is 0 Å². The molecule has 1 rings (SSSR count). The summed E-state index contributed by atoms with van der Waals surface area (Å²) >= 11 is 7.12. The fraction of sp³-hybridized carbons (Fsp3) is 0.556. The first kappa shape index (κ1) is 12.4. The van der Waals surface area contributed by atoms with E-state index in [1.807, 2.05) is 0 Å². The summed E-state index contributed by atoms with van der Waals surface area (Å²) in [5, 5.41) is 3.90. The zero-order valence-corrected chi connectivity index (χ0v) is 10.4. The van der Waals surface area contributed by atoms with E-state index in [2.05, 4.69) is 15.0 Å². The molecule has 0 aromatic carbocycles. The molecular formula is C9H13ClN2O2S. The third-order valence-corrected chi connectivity index (χ3v) is 3.02. The van der Waals surface area contributed by atoms with Crippen LogP contribution in [0.1, 0.15) is 18.9 Å². The summed E-state index contributed by atoms with van der Waals surface area (Å²) in [6.45, 7) is 4.02. The molecule has 0 aliphatic heterocycles. The molecule has 0 saturated carbocycles. The summed E-state index contributed by atoms with van der Waals surface area (Å²) in [6, 6.07) is 0. The molecule has 84 valence electrons. The van der Waals surface area contributed by atoms with Crippen molar-refractivity contribution in [3.05, 3.63) is 15.5 Å². The van der Waals surface area contributed by atoms with Crippen LogP contribution in [0.5, 0.6) is 0 Å². The number of nitrogens with zero attached hydrogens (tertiary/aromatic N) is 1. The van der Waals surface area contributed by atoms with Crippen LogP contribution in [0.25, 0.3) is 0 Å². The van der Waals surface area contributed by atoms with Crippen molar-refractivity contribution in [3.63, 3.8) is 0 Å². The zero-order valence-electron chi connectivity index (χ0n) is 8.83. The third kappa shape index (κ3) is 3.44. The van der Waals surface area contributed by atoms with Crippen LogP contribution in [0, 0.1) is 0 Å². The molecular weight excluding hydrogens is 236 g/mol. The van der Waals surface area contributed by atoms with Gasteiger partial charge >= 0.3 is 5.97 Å². The third-order valence-electron chi connectivity index (χ3n) is 1.90. The fourth-order valence-corrected chi connectivity index (χ4v) is 1.89. The number of hydrogen-bond donors (Lipinski definition) is 1. The van der Waals surface area contributed by atoms with Gasteiger partial charge < -0.3 is 4.74 Å². The molecule has 1 N–H and O–H groups in total. The summed E-state index contributed by atoms with van der Waals surface area (Å²) in [4.78, 5) is 15.4. The number of rotatable bonds is 4. The molecule has 0 radical (unpaired) electrons. The number of methoxy groups -OCH3 is 1. The number of aromatic nitrogens is 1. The molecule has 0 bridgehead atoms. The van der Waals surface area contributed by atoms with Crippen molar-refractivity contribution < 1.29 is 9.53 Å². The number of nitrogens with one attached hydrogen (secondary N) is 1. The number of halogens is 1. The Morgan fingerprint density at radius 3 is 2.87 bits per heavy atom. The van der Waals surface area contributed by atoms with Gasteiger partial charge in [-0.05, 0) is 13.8 Å². The summed E-state index contributed by atoms with van der Waals surface area (Å²) in [7, 11) is 1.37. The van der Waals surface area contributed by atoms with Gasteiger partial charge in [0.15, 0.2) is 0 Å². The van der Waals surface area contributed by atoms with E-state index in [4.69, 9.17) is 11.6 Å². The largest absolute Gasteiger partial charge is 0.468 e. The Morgan fingerprint density at radius 1 is 1.73 bits per heavy atom. The van der Waals surface area contributed by atoms with Gasteiger partial charge in [0, 0.05) is 6.54 Å². The van der Waals surface area contributed by atoms with Crippen LogP contribution in [0.15, 0.2) is 6.20 Å². The highest BCUT2D eigenvalue weighted by atomic mass is 35.5. The van der Waals surface area contributed by atoms with Crippen molar-refractivity contribution >= 4 is 28.9 Å². The van der Waals surface area contributed by atoms with Crippen molar-refractivity contribution in [1.29, 1.82) is 0 Å². The average Bonchev–Trinajstić information content (AvgIpc) is 2.60. The maximum absolute atomic E-state index is 11.3. The lowest BCUT2D eigenvalue weighted by atomic mass is 10.1. The number of carbonyl (C=O) groups is 1. The molecule has 0 unspecified atom stereocenters. The lowest BCUT2D eigenvalue weighted by molar-refractivity contribution is -0.147. The first-order valence-electron chi connectivity index (χ1n) is 4.39. The molecule has 0 atom stereocenters. The second-order valence-corrected chi connectivity index (χ2v) is 5.27. The second kappa shape index (κ2) is 4.92. The predicted molar refractivity (Wildman–Crippen MR) is 60.1 cm³/mol. The van der Waals surface area contributed by atoms with E-state index in [1.165, 1.54) is 18.4 Å². The Labute approximate surface area is 97.6 Å². The van der Waals surface area contributed by atoms with Crippen LogP contribution >= 0.6 is 22.9 Å². The summed E-state index contributed by atoms with van der Waals surface area (Å²) < 4.78 is 5.31. The summed E-state index contributed by atoms with van der Waals surface area (Å²) in [5.41, 5.74) is -0.715. The zero-order chi connectivity index (χ0) is 11.5. The van der Waals surface area contributed by atoms with E-state index >= 15 is 0 Å². The van der Waals surface area contributed by atoms with Gasteiger partial charge in [0.25, 0.3) is 0 Å². The van der Waals surface area contributed by atoms with Gasteiger partial charge in [-0.15, -0.1) is 11.3 Å². The topological polar surface area (TPSA) is 51.2 Å². The van der Waals surface area contributed by atoms with Crippen molar-refractivity contribution in [1.82, 2.24) is 10.3 Å². The number of carbonyl (C=O) groups excluding carboxylic acids is 1. The van der Waals surface area contributed by atoms with Crippen LogP contribution in [0.3, 0.4) is 0 Å². The maximum Gasteiger partial charge on any atom is 0.325 e. The van der Waals surface area contributed by atoms with E-state index in [9.17, 15) is 4.79 Å². The monoisotopic (exact) mass is 248 g/mol. The van der Waals surface area contributed by atoms with E-state index in [0.717, 1.165) is 5.01 Å². The molecule has 0 spiro atoms. The van der Waals surface area contributed by atoms with E-state index in [1.54, 1.807) is 20.0 Å². The summed E-state index contributed by atoms with van der Waals surface area (Å²) in [5.74, 6) is -0.301. The van der Waals surface area contributed by atoms with Crippen LogP contribution in [0.2, 0.25) is 4.34 Å². The van der Waals surface area contributed by atoms with Crippen molar-refractivity contribution in [2.45, 2.75) is 25.9 Å². The minimum absolute atomic E-state index is 0.301. The number of hydrogen-bond acceptors (Lipinski definition) is 5. The molecule has 1 heterocycles. The highest BCUT2D eigenvalue weighted by Crippen LogP contribution is 2.18. The number of thiazole rings is 1. The number of esters is 1. The summed E-state index contributed by atoms with van der Waals surface area (Å²) in [6.07, 6.45) is 1.59. The smallest absolute Gasteiger partial charge is 0.325 e. The van der Waals surface area contributed by atoms with Gasteiger partial charge in [-0.1, -0.05) is 11.6 Å². The first-order chi connectivity index (χ1) is 6.95. The van der Waals surface area contributed by atoms with Crippen molar-refractivity contribution in [2.24, 2.45) is 0 Å². The molecule has 0 saturated heterocycles. The molecule has 0 aliphatic rings. The Kier molecular flexibility index (Phi) is 4.07. The molecule has 15 heavy (non-hydrogen) atoms. The Morgan fingerprint density at radius 2 is 2.40 bits per heavy atom. The van der Waals surface area contributed by atoms with Gasteiger partial charge in [-0.25, -0.2) is 4.98 Å². The normalized spacial score (nSPS) is 11.5. The van der Waals surface area contributed by atoms with Gasteiger partial charge in [-0.3, -0.25) is 10.1 Å². The average molecular weight is 249 g/mol. The molecule has 1 aromatic rings. The Hall–Kier alpha value is -0.650. The van der Waals surface area contributed by atoms with Crippen molar-refractivity contribution in [2.75, 3.05) is 7.11 Å². The van der Waals surface area contributed by atoms with E-state index in [0.29, 0.717) is 10.9 Å². The van der Waals surface area contributed by atoms with Gasteiger partial charge in [-0.2, -0.15) is 0 Å². The van der Waals surface area contributed by atoms with Crippen LogP contribution in [-0.4, -0.2) is 23.6 Å². The molecule has 4 nitrogen and oxygen atoms in total. The predicted octanol–water partition coefficient (Wildman–Crippen LogP) is 1.84. The highest BCUT2D eigenvalue weighted by molar-refractivity contribution is 7.15. The van der Waals surface area contributed by atoms with Crippen LogP contribution < -0.4 is 5.32 Å². The van der Waals surface area contributed by atoms with Crippen LogP contribution in [-0.2, 0) is 16.1 Å². The highest BCUT2D eigenvalue weighted by Gasteiger charge is 2.27. The van der Waals surface area contributed by atoms with Gasteiger partial charge in [0.05, 0.1) is 13.3 Å². The quantitative estimate of drug-likeness (QED) is 0.827. The molecule has 6 heteroatoms. The van der Waals surface area contributed by atoms with Gasteiger partial charge in [0.1, 0.15) is 14.9 Å². The maximum atomic E-state index is 11.3. The minimum atomic E-state index is -0.715. The minimum Gasteiger partial charge on any atom is -0.468 e. The molecule has 0 amide bonds. The van der Waals surface area contributed by atoms with Gasteiger partial charge in [0.2, 0.25) is 0 Å². The standard InChI is InChI=1S/C9H13ClN2O2S/c1-9(2,8(13)14-3)12-5-7-11-4-6(10)15-7/h4,12H,5H2,1-3H3. The first-order valence-corrected chi connectivity index (χ1v) is 5.59. The lowest BCUT2D eigenvalue weighted by Crippen LogP contribution is -2.46. The Balaban J connectivity index is 2.53. The molecule has 1 aromatic heterocycles. The van der Waals surface area contributed by atoms with Crippen molar-refractivity contribution in [3.8, 4) is 0 Å². The van der Waals surface area contributed by atoms with E-state index in [-0.39, 0.29) is 5.97 Å². The molecule has 0 fully saturated rings. The second-order valence-electron chi connectivity index (χ2n) is 3.53. The lowest BCUT2D eigenvalue weighted by Gasteiger charge is -2.22. The molecule has 0 aliphatic carbocycles. The fourth-order valence-electron chi connectivity index (χ4n) is 0.994. The SMILES string of the molecule is COC(=O)C(C)(C)NCc1ncc(Cl)s1. The Bertz CT molecular complexity index is 352. The number of ether oxygens (including phenoxy) is 1. The van der Waals surface area contributed by atoms with E-state index < -0.39 is 5.54 Å².